The van der Waals surface area contributed by atoms with Crippen molar-refractivity contribution < 1.29 is 14.3 Å². The molecule has 0 saturated carbocycles. The Kier molecular flexibility index (Phi) is 4.12. The molecule has 0 spiro atoms. The Hall–Kier alpha value is -1.94. The molecule has 2 aromatic carbocycles. The summed E-state index contributed by atoms with van der Waals surface area (Å²) in [5.74, 6) is 0.415. The van der Waals surface area contributed by atoms with Crippen molar-refractivity contribution in [3.63, 3.8) is 0 Å². The summed E-state index contributed by atoms with van der Waals surface area (Å²) in [5.41, 5.74) is 1.58. The van der Waals surface area contributed by atoms with Crippen LogP contribution >= 0.6 is 15.9 Å². The van der Waals surface area contributed by atoms with Gasteiger partial charge < -0.3 is 4.74 Å². The van der Waals surface area contributed by atoms with Crippen molar-refractivity contribution in [2.45, 2.75) is 25.4 Å². The molecule has 2 aromatic rings. The van der Waals surface area contributed by atoms with Crippen LogP contribution in [0.3, 0.4) is 0 Å². The molecule has 1 aliphatic rings. The van der Waals surface area contributed by atoms with Gasteiger partial charge in [0.2, 0.25) is 0 Å². The second-order valence-electron chi connectivity index (χ2n) is 5.43. The fourth-order valence-corrected chi connectivity index (χ4v) is 3.20. The molecule has 0 aliphatic carbocycles. The number of carbonyl (C=O) groups excluding carboxylic acids is 2. The van der Waals surface area contributed by atoms with E-state index < -0.39 is 6.10 Å². The predicted molar refractivity (Wildman–Crippen MR) is 87.4 cm³/mol. The van der Waals surface area contributed by atoms with E-state index in [0.717, 1.165) is 10.0 Å². The molecule has 0 fully saturated rings. The second-order valence-corrected chi connectivity index (χ2v) is 6.35. The number of carbonyl (C=O) groups is 2. The summed E-state index contributed by atoms with van der Waals surface area (Å²) in [7, 11) is 0. The van der Waals surface area contributed by atoms with E-state index in [1.165, 1.54) is 6.92 Å². The van der Waals surface area contributed by atoms with E-state index in [-0.39, 0.29) is 23.9 Å². The molecule has 0 unspecified atom stereocenters. The topological polar surface area (TPSA) is 43.4 Å². The van der Waals surface area contributed by atoms with Crippen molar-refractivity contribution in [1.82, 2.24) is 0 Å². The minimum atomic E-state index is -0.586. The third-order valence-corrected chi connectivity index (χ3v) is 4.39. The van der Waals surface area contributed by atoms with Crippen LogP contribution < -0.4 is 4.74 Å². The van der Waals surface area contributed by atoms with Crippen LogP contribution in [0.4, 0.5) is 0 Å². The number of fused-ring (bicyclic) bond motifs is 1. The average molecular weight is 359 g/mol. The van der Waals surface area contributed by atoms with Crippen molar-refractivity contribution in [3.8, 4) is 5.75 Å². The molecule has 1 aliphatic heterocycles. The molecule has 0 aromatic heterocycles. The Labute approximate surface area is 137 Å². The monoisotopic (exact) mass is 358 g/mol. The van der Waals surface area contributed by atoms with Crippen LogP contribution in [-0.4, -0.2) is 17.7 Å². The van der Waals surface area contributed by atoms with E-state index in [2.05, 4.69) is 15.9 Å². The number of Topliss-reactive ketones (excluding diaryl/α,β-unsaturated/α-hetero) is 2. The lowest BCUT2D eigenvalue weighted by Crippen LogP contribution is -2.28. The van der Waals surface area contributed by atoms with Gasteiger partial charge in [0.15, 0.2) is 17.7 Å². The van der Waals surface area contributed by atoms with E-state index >= 15 is 0 Å². The zero-order valence-corrected chi connectivity index (χ0v) is 13.7. The molecule has 0 bridgehead atoms. The Morgan fingerprint density at radius 3 is 2.55 bits per heavy atom. The molecule has 0 N–H and O–H groups in total. The van der Waals surface area contributed by atoms with Gasteiger partial charge in [0.1, 0.15) is 5.75 Å². The first kappa shape index (κ1) is 15.0. The third-order valence-electron chi connectivity index (χ3n) is 3.89. The van der Waals surface area contributed by atoms with Crippen LogP contribution in [0.15, 0.2) is 53.0 Å². The van der Waals surface area contributed by atoms with Crippen LogP contribution in [0.5, 0.6) is 5.75 Å². The summed E-state index contributed by atoms with van der Waals surface area (Å²) >= 11 is 3.44. The van der Waals surface area contributed by atoms with E-state index in [1.54, 1.807) is 12.1 Å². The van der Waals surface area contributed by atoms with Crippen LogP contribution in [0.25, 0.3) is 0 Å². The number of hydrogen-bond acceptors (Lipinski definition) is 3. The molecule has 0 saturated heterocycles. The summed E-state index contributed by atoms with van der Waals surface area (Å²) in [6.45, 7) is 1.51. The molecule has 3 nitrogen and oxygen atoms in total. The Morgan fingerprint density at radius 1 is 1.14 bits per heavy atom. The highest BCUT2D eigenvalue weighted by Crippen LogP contribution is 2.42. The van der Waals surface area contributed by atoms with Gasteiger partial charge in [-0.05, 0) is 25.1 Å². The first-order valence-corrected chi connectivity index (χ1v) is 7.90. The lowest BCUT2D eigenvalue weighted by molar-refractivity contribution is -0.123. The molecule has 22 heavy (non-hydrogen) atoms. The molecule has 0 radical (unpaired) electrons. The molecule has 112 valence electrons. The van der Waals surface area contributed by atoms with Crippen molar-refractivity contribution in [2.24, 2.45) is 0 Å². The Bertz CT molecular complexity index is 724. The second kappa shape index (κ2) is 6.05. The molecular formula is C18H15BrO3. The minimum absolute atomic E-state index is 0.0216. The fraction of sp³-hybridized carbons (Fsp3) is 0.222. The van der Waals surface area contributed by atoms with Crippen molar-refractivity contribution in [1.29, 1.82) is 0 Å². The fourth-order valence-electron chi connectivity index (χ4n) is 2.82. The molecule has 4 heteroatoms. The minimum Gasteiger partial charge on any atom is -0.482 e. The SMILES string of the molecule is CC(=O)[C@H]1Oc2ccc(Br)cc2[C@@H]1CC(=O)c1ccccc1. The largest absolute Gasteiger partial charge is 0.482 e. The quantitative estimate of drug-likeness (QED) is 0.770. The van der Waals surface area contributed by atoms with Gasteiger partial charge in [0, 0.05) is 27.9 Å². The summed E-state index contributed by atoms with van der Waals surface area (Å²) in [5, 5.41) is 0. The van der Waals surface area contributed by atoms with E-state index in [1.807, 2.05) is 36.4 Å². The number of ether oxygens (including phenoxy) is 1. The summed E-state index contributed by atoms with van der Waals surface area (Å²) in [4.78, 5) is 24.4. The normalized spacial score (nSPS) is 19.4. The highest BCUT2D eigenvalue weighted by Gasteiger charge is 2.38. The van der Waals surface area contributed by atoms with Crippen molar-refractivity contribution in [2.75, 3.05) is 0 Å². The Balaban J connectivity index is 1.92. The molecule has 2 atom stereocenters. The van der Waals surface area contributed by atoms with E-state index in [4.69, 9.17) is 4.74 Å². The van der Waals surface area contributed by atoms with Gasteiger partial charge >= 0.3 is 0 Å². The number of ketones is 2. The number of halogens is 1. The van der Waals surface area contributed by atoms with Gasteiger partial charge in [-0.3, -0.25) is 9.59 Å². The lowest BCUT2D eigenvalue weighted by atomic mass is 9.87. The molecule has 3 rings (SSSR count). The smallest absolute Gasteiger partial charge is 0.170 e. The number of hydrogen-bond donors (Lipinski definition) is 0. The average Bonchev–Trinajstić information content (AvgIpc) is 2.86. The zero-order chi connectivity index (χ0) is 15.7. The van der Waals surface area contributed by atoms with Crippen molar-refractivity contribution >= 4 is 27.5 Å². The predicted octanol–water partition coefficient (Wildman–Crippen LogP) is 4.16. The maximum absolute atomic E-state index is 12.5. The van der Waals surface area contributed by atoms with Gasteiger partial charge in [-0.1, -0.05) is 46.3 Å². The van der Waals surface area contributed by atoms with Crippen LogP contribution in [0, 0.1) is 0 Å². The van der Waals surface area contributed by atoms with E-state index in [9.17, 15) is 9.59 Å². The third kappa shape index (κ3) is 2.83. The van der Waals surface area contributed by atoms with Crippen molar-refractivity contribution in [3.05, 3.63) is 64.1 Å². The highest BCUT2D eigenvalue weighted by atomic mass is 79.9. The van der Waals surface area contributed by atoms with Gasteiger partial charge in [-0.25, -0.2) is 0 Å². The molecule has 1 heterocycles. The standard InChI is InChI=1S/C18H15BrO3/c1-11(20)18-15(10-16(21)12-5-3-2-4-6-12)14-9-13(19)7-8-17(14)22-18/h2-9,15,18H,10H2,1H3/t15-,18+/m0/s1. The summed E-state index contributed by atoms with van der Waals surface area (Å²) in [6.07, 6.45) is -0.325. The molecule has 0 amide bonds. The highest BCUT2D eigenvalue weighted by molar-refractivity contribution is 9.10. The summed E-state index contributed by atoms with van der Waals surface area (Å²) < 4.78 is 6.66. The zero-order valence-electron chi connectivity index (χ0n) is 12.1. The first-order valence-electron chi connectivity index (χ1n) is 7.11. The molecular weight excluding hydrogens is 344 g/mol. The maximum Gasteiger partial charge on any atom is 0.170 e. The van der Waals surface area contributed by atoms with Crippen LogP contribution in [0.1, 0.15) is 35.2 Å². The van der Waals surface area contributed by atoms with Crippen LogP contribution in [0.2, 0.25) is 0 Å². The number of benzene rings is 2. The van der Waals surface area contributed by atoms with Crippen LogP contribution in [-0.2, 0) is 4.79 Å². The van der Waals surface area contributed by atoms with E-state index in [0.29, 0.717) is 11.3 Å². The van der Waals surface area contributed by atoms with Gasteiger partial charge in [0.25, 0.3) is 0 Å². The van der Waals surface area contributed by atoms with Gasteiger partial charge in [0.05, 0.1) is 0 Å². The van der Waals surface area contributed by atoms with Gasteiger partial charge in [-0.15, -0.1) is 0 Å². The van der Waals surface area contributed by atoms with Gasteiger partial charge in [-0.2, -0.15) is 0 Å². The maximum atomic E-state index is 12.5. The lowest BCUT2D eigenvalue weighted by Gasteiger charge is -2.15. The first-order chi connectivity index (χ1) is 10.6. The Morgan fingerprint density at radius 2 is 1.86 bits per heavy atom. The summed E-state index contributed by atoms with van der Waals surface area (Å²) in [6, 6.07) is 14.8. The number of rotatable bonds is 4.